The summed E-state index contributed by atoms with van der Waals surface area (Å²) in [7, 11) is 2.03. The molecule has 0 bridgehead atoms. The Morgan fingerprint density at radius 2 is 2.25 bits per heavy atom. The lowest BCUT2D eigenvalue weighted by molar-refractivity contribution is -0.151. The highest BCUT2D eigenvalue weighted by Gasteiger charge is 2.35. The second-order valence-electron chi connectivity index (χ2n) is 5.81. The maximum atomic E-state index is 12.2. The average Bonchev–Trinajstić information content (AvgIpc) is 2.89. The maximum Gasteiger partial charge on any atom is 0.327 e. The third-order valence-electron chi connectivity index (χ3n) is 3.62. The van der Waals surface area contributed by atoms with Crippen molar-refractivity contribution >= 4 is 5.97 Å². The number of nitrogens with one attached hydrogen (secondary N) is 1. The van der Waals surface area contributed by atoms with E-state index < -0.39 is 5.54 Å². The molecular weight excluding hydrogens is 256 g/mol. The largest absolute Gasteiger partial charge is 0.465 e. The van der Waals surface area contributed by atoms with E-state index in [4.69, 9.17) is 9.47 Å². The van der Waals surface area contributed by atoms with Gasteiger partial charge in [0, 0.05) is 19.7 Å². The van der Waals surface area contributed by atoms with Gasteiger partial charge < -0.3 is 19.7 Å². The summed E-state index contributed by atoms with van der Waals surface area (Å²) in [6.07, 6.45) is 3.55. The molecule has 0 aromatic rings. The molecule has 1 heterocycles. The Morgan fingerprint density at radius 1 is 1.50 bits per heavy atom. The number of esters is 1. The minimum atomic E-state index is -0.653. The summed E-state index contributed by atoms with van der Waals surface area (Å²) in [6.45, 7) is 9.44. The molecule has 20 heavy (non-hydrogen) atoms. The number of carbonyl (C=O) groups is 1. The van der Waals surface area contributed by atoms with Crippen molar-refractivity contribution in [2.75, 3.05) is 39.9 Å². The molecule has 2 atom stereocenters. The molecule has 0 radical (unpaired) electrons. The Bertz CT molecular complexity index is 293. The summed E-state index contributed by atoms with van der Waals surface area (Å²) in [5, 5.41) is 3.33. The number of nitrogens with zero attached hydrogens (tertiary/aromatic N) is 1. The van der Waals surface area contributed by atoms with Crippen LogP contribution in [0, 0.1) is 0 Å². The lowest BCUT2D eigenvalue weighted by Crippen LogP contribution is -2.57. The van der Waals surface area contributed by atoms with E-state index in [1.54, 1.807) is 0 Å². The van der Waals surface area contributed by atoms with Crippen LogP contribution < -0.4 is 5.32 Å². The van der Waals surface area contributed by atoms with Crippen LogP contribution in [-0.2, 0) is 14.3 Å². The lowest BCUT2D eigenvalue weighted by Gasteiger charge is -2.33. The first-order valence-electron chi connectivity index (χ1n) is 7.74. The molecule has 1 aliphatic heterocycles. The zero-order valence-electron chi connectivity index (χ0n) is 13.4. The number of hydrogen-bond donors (Lipinski definition) is 1. The zero-order valence-corrected chi connectivity index (χ0v) is 13.4. The van der Waals surface area contributed by atoms with E-state index in [-0.39, 0.29) is 5.97 Å². The Morgan fingerprint density at radius 3 is 2.80 bits per heavy atom. The molecular formula is C15H30N2O3. The Labute approximate surface area is 123 Å². The van der Waals surface area contributed by atoms with Crippen LogP contribution in [0.15, 0.2) is 0 Å². The molecule has 1 saturated heterocycles. The van der Waals surface area contributed by atoms with Gasteiger partial charge in [-0.25, -0.2) is 0 Å². The Hall–Kier alpha value is -0.650. The molecule has 2 unspecified atom stereocenters. The van der Waals surface area contributed by atoms with Crippen molar-refractivity contribution < 1.29 is 14.3 Å². The van der Waals surface area contributed by atoms with Crippen LogP contribution >= 0.6 is 0 Å². The predicted molar refractivity (Wildman–Crippen MR) is 79.8 cm³/mol. The van der Waals surface area contributed by atoms with Crippen LogP contribution in [0.5, 0.6) is 0 Å². The Balaban J connectivity index is 2.54. The van der Waals surface area contributed by atoms with Gasteiger partial charge in [-0.15, -0.1) is 0 Å². The minimum Gasteiger partial charge on any atom is -0.465 e. The Kier molecular flexibility index (Phi) is 7.48. The van der Waals surface area contributed by atoms with Crippen LogP contribution in [0.1, 0.15) is 40.0 Å². The number of likely N-dealkylation sites (N-methyl/N-ethyl adjacent to an activating group) is 1. The highest BCUT2D eigenvalue weighted by atomic mass is 16.5. The number of carbonyl (C=O) groups excluding carboxylic acids is 1. The average molecular weight is 286 g/mol. The smallest absolute Gasteiger partial charge is 0.327 e. The van der Waals surface area contributed by atoms with Crippen LogP contribution in [0.4, 0.5) is 0 Å². The van der Waals surface area contributed by atoms with Gasteiger partial charge in [-0.2, -0.15) is 0 Å². The number of hydrogen-bond acceptors (Lipinski definition) is 5. The summed E-state index contributed by atoms with van der Waals surface area (Å²) in [4.78, 5) is 14.4. The van der Waals surface area contributed by atoms with E-state index in [0.29, 0.717) is 19.3 Å². The molecule has 118 valence electrons. The van der Waals surface area contributed by atoms with E-state index in [1.165, 1.54) is 0 Å². The minimum absolute atomic E-state index is 0.173. The second-order valence-corrected chi connectivity index (χ2v) is 5.81. The normalized spacial score (nSPS) is 21.9. The monoisotopic (exact) mass is 286 g/mol. The highest BCUT2D eigenvalue weighted by Crippen LogP contribution is 2.15. The predicted octanol–water partition coefficient (Wildman–Crippen LogP) is 1.42. The molecule has 0 aromatic heterocycles. The van der Waals surface area contributed by atoms with Gasteiger partial charge in [-0.3, -0.25) is 4.79 Å². The zero-order chi connectivity index (χ0) is 15.0. The van der Waals surface area contributed by atoms with Crippen molar-refractivity contribution in [1.82, 2.24) is 10.2 Å². The van der Waals surface area contributed by atoms with Gasteiger partial charge in [-0.1, -0.05) is 6.92 Å². The number of rotatable bonds is 9. The van der Waals surface area contributed by atoms with Gasteiger partial charge >= 0.3 is 5.97 Å². The molecule has 5 heteroatoms. The lowest BCUT2D eigenvalue weighted by atomic mass is 10.0. The summed E-state index contributed by atoms with van der Waals surface area (Å²) in [6, 6.07) is 0. The van der Waals surface area contributed by atoms with Crippen LogP contribution in [0.2, 0.25) is 0 Å². The van der Waals surface area contributed by atoms with Crippen molar-refractivity contribution in [3.8, 4) is 0 Å². The molecule has 0 aromatic carbocycles. The van der Waals surface area contributed by atoms with Gasteiger partial charge in [0.25, 0.3) is 0 Å². The maximum absolute atomic E-state index is 12.2. The van der Waals surface area contributed by atoms with Crippen molar-refractivity contribution in [2.24, 2.45) is 0 Å². The van der Waals surface area contributed by atoms with Crippen LogP contribution in [-0.4, -0.2) is 62.4 Å². The van der Waals surface area contributed by atoms with Crippen molar-refractivity contribution in [2.45, 2.75) is 51.7 Å². The first-order valence-corrected chi connectivity index (χ1v) is 7.74. The van der Waals surface area contributed by atoms with E-state index >= 15 is 0 Å². The van der Waals surface area contributed by atoms with Gasteiger partial charge in [0.2, 0.25) is 0 Å². The molecule has 5 nitrogen and oxygen atoms in total. The van der Waals surface area contributed by atoms with Crippen LogP contribution in [0.25, 0.3) is 0 Å². The topological polar surface area (TPSA) is 50.8 Å². The van der Waals surface area contributed by atoms with Gasteiger partial charge in [0.05, 0.1) is 12.7 Å². The van der Waals surface area contributed by atoms with E-state index in [9.17, 15) is 4.79 Å². The summed E-state index contributed by atoms with van der Waals surface area (Å²) in [5.74, 6) is -0.173. The molecule has 0 aliphatic carbocycles. The fourth-order valence-electron chi connectivity index (χ4n) is 2.62. The fraction of sp³-hybridized carbons (Fsp3) is 0.933. The summed E-state index contributed by atoms with van der Waals surface area (Å²) < 4.78 is 10.9. The molecule has 0 spiro atoms. The van der Waals surface area contributed by atoms with E-state index in [0.717, 1.165) is 39.0 Å². The SMILES string of the molecule is CCCNC(C)(CN(C)CC1CCCO1)C(=O)OCC. The van der Waals surface area contributed by atoms with E-state index in [1.807, 2.05) is 20.9 Å². The molecule has 1 N–H and O–H groups in total. The van der Waals surface area contributed by atoms with E-state index in [2.05, 4.69) is 17.1 Å². The number of ether oxygens (including phenoxy) is 2. The van der Waals surface area contributed by atoms with Crippen molar-refractivity contribution in [1.29, 1.82) is 0 Å². The molecule has 0 amide bonds. The molecule has 0 saturated carbocycles. The standard InChI is InChI=1S/C15H30N2O3/c1-5-9-16-15(3,14(18)19-6-2)12-17(4)11-13-8-7-10-20-13/h13,16H,5-12H2,1-4H3. The molecule has 1 aliphatic rings. The molecule has 1 fully saturated rings. The third kappa shape index (κ3) is 5.38. The quantitative estimate of drug-likeness (QED) is 0.650. The summed E-state index contributed by atoms with van der Waals surface area (Å²) in [5.41, 5.74) is -0.653. The van der Waals surface area contributed by atoms with Gasteiger partial charge in [0.15, 0.2) is 0 Å². The fourth-order valence-corrected chi connectivity index (χ4v) is 2.62. The van der Waals surface area contributed by atoms with Gasteiger partial charge in [0.1, 0.15) is 5.54 Å². The van der Waals surface area contributed by atoms with Crippen molar-refractivity contribution in [3.05, 3.63) is 0 Å². The first kappa shape index (κ1) is 17.4. The first-order chi connectivity index (χ1) is 9.51. The summed E-state index contributed by atoms with van der Waals surface area (Å²) >= 11 is 0. The second kappa shape index (κ2) is 8.60. The van der Waals surface area contributed by atoms with Gasteiger partial charge in [-0.05, 0) is 46.7 Å². The van der Waals surface area contributed by atoms with Crippen molar-refractivity contribution in [3.63, 3.8) is 0 Å². The third-order valence-corrected chi connectivity index (χ3v) is 3.62. The van der Waals surface area contributed by atoms with Crippen LogP contribution in [0.3, 0.4) is 0 Å². The molecule has 1 rings (SSSR count). The highest BCUT2D eigenvalue weighted by molar-refractivity contribution is 5.80.